The maximum atomic E-state index is 12.5. The van der Waals surface area contributed by atoms with E-state index in [0.29, 0.717) is 38.3 Å². The first kappa shape index (κ1) is 16.7. The minimum Gasteiger partial charge on any atom is -0.380 e. The highest BCUT2D eigenvalue weighted by molar-refractivity contribution is 5.85. The second kappa shape index (κ2) is 7.20. The molecule has 1 saturated heterocycles. The second-order valence-corrected chi connectivity index (χ2v) is 7.73. The zero-order valence-corrected chi connectivity index (χ0v) is 14.1. The maximum absolute atomic E-state index is 12.5. The summed E-state index contributed by atoms with van der Waals surface area (Å²) in [5.74, 6) is 0.662. The molecule has 0 aromatic heterocycles. The van der Waals surface area contributed by atoms with Crippen molar-refractivity contribution in [2.45, 2.75) is 82.3 Å². The van der Waals surface area contributed by atoms with Crippen molar-refractivity contribution >= 4 is 11.8 Å². The molecule has 0 aromatic rings. The van der Waals surface area contributed by atoms with Gasteiger partial charge in [-0.3, -0.25) is 9.59 Å². The van der Waals surface area contributed by atoms with Gasteiger partial charge in [0, 0.05) is 25.6 Å². The van der Waals surface area contributed by atoms with Crippen LogP contribution in [-0.4, -0.2) is 46.6 Å². The molecule has 0 bridgehead atoms. The Hall–Kier alpha value is -1.10. The van der Waals surface area contributed by atoms with E-state index >= 15 is 0 Å². The summed E-state index contributed by atoms with van der Waals surface area (Å²) >= 11 is 0. The molecule has 130 valence electrons. The molecule has 2 aliphatic carbocycles. The number of hydrogen-bond acceptors (Lipinski definition) is 3. The van der Waals surface area contributed by atoms with E-state index in [0.717, 1.165) is 25.7 Å². The van der Waals surface area contributed by atoms with Gasteiger partial charge in [-0.05, 0) is 57.3 Å². The number of nitrogens with zero attached hydrogens (tertiary/aromatic N) is 1. The maximum Gasteiger partial charge on any atom is 0.254 e. The lowest BCUT2D eigenvalue weighted by Gasteiger charge is -2.36. The Morgan fingerprint density at radius 1 is 1.00 bits per heavy atom. The van der Waals surface area contributed by atoms with Crippen LogP contribution in [0.1, 0.15) is 70.6 Å². The molecule has 3 rings (SSSR count). The first-order valence-electron chi connectivity index (χ1n) is 9.38. The smallest absolute Gasteiger partial charge is 0.254 e. The molecule has 2 amide bonds. The van der Waals surface area contributed by atoms with E-state index in [9.17, 15) is 14.7 Å². The Kier molecular flexibility index (Phi) is 5.24. The molecule has 0 radical (unpaired) electrons. The summed E-state index contributed by atoms with van der Waals surface area (Å²) in [6, 6.07) is 0.186. The van der Waals surface area contributed by atoms with Gasteiger partial charge in [-0.25, -0.2) is 0 Å². The summed E-state index contributed by atoms with van der Waals surface area (Å²) in [5.41, 5.74) is -1.11. The minimum atomic E-state index is -1.11. The highest BCUT2D eigenvalue weighted by atomic mass is 16.3. The number of piperidine rings is 1. The Morgan fingerprint density at radius 2 is 1.61 bits per heavy atom. The van der Waals surface area contributed by atoms with Crippen LogP contribution >= 0.6 is 0 Å². The summed E-state index contributed by atoms with van der Waals surface area (Å²) in [5, 5.41) is 13.6. The van der Waals surface area contributed by atoms with E-state index in [1.54, 1.807) is 4.90 Å². The van der Waals surface area contributed by atoms with Crippen molar-refractivity contribution in [3.63, 3.8) is 0 Å². The molecular formula is C18H30N2O3. The minimum absolute atomic E-state index is 0.0919. The first-order valence-corrected chi connectivity index (χ1v) is 9.38. The van der Waals surface area contributed by atoms with Crippen LogP contribution < -0.4 is 5.32 Å². The summed E-state index contributed by atoms with van der Waals surface area (Å²) in [7, 11) is 0. The van der Waals surface area contributed by atoms with E-state index in [-0.39, 0.29) is 17.9 Å². The monoisotopic (exact) mass is 322 g/mol. The number of amides is 2. The number of aliphatic hydroxyl groups is 1. The highest BCUT2D eigenvalue weighted by Crippen LogP contribution is 2.32. The molecule has 3 fully saturated rings. The van der Waals surface area contributed by atoms with Crippen molar-refractivity contribution < 1.29 is 14.7 Å². The van der Waals surface area contributed by atoms with Crippen molar-refractivity contribution in [2.75, 3.05) is 13.1 Å². The average molecular weight is 322 g/mol. The third-order valence-electron chi connectivity index (χ3n) is 5.92. The number of carbonyl (C=O) groups excluding carboxylic acids is 2. The van der Waals surface area contributed by atoms with Gasteiger partial charge in [0.15, 0.2) is 0 Å². The Labute approximate surface area is 138 Å². The van der Waals surface area contributed by atoms with Gasteiger partial charge in [-0.15, -0.1) is 0 Å². The molecular weight excluding hydrogens is 292 g/mol. The van der Waals surface area contributed by atoms with Crippen LogP contribution in [0.3, 0.4) is 0 Å². The Balaban J connectivity index is 1.41. The van der Waals surface area contributed by atoms with E-state index in [1.807, 2.05) is 0 Å². The molecule has 0 atom stereocenters. The van der Waals surface area contributed by atoms with Crippen molar-refractivity contribution in [1.82, 2.24) is 10.2 Å². The molecule has 23 heavy (non-hydrogen) atoms. The standard InChI is InChI=1S/C18H30N2O3/c21-16(13-14-5-1-2-6-14)19-15-7-11-20(12-8-15)17(22)18(23)9-3-4-10-18/h14-15,23H,1-13H2,(H,19,21). The van der Waals surface area contributed by atoms with Gasteiger partial charge < -0.3 is 15.3 Å². The molecule has 1 heterocycles. The van der Waals surface area contributed by atoms with Crippen LogP contribution in [0, 0.1) is 5.92 Å². The van der Waals surface area contributed by atoms with Crippen LogP contribution in [-0.2, 0) is 9.59 Å². The molecule has 2 N–H and O–H groups in total. The molecule has 1 aliphatic heterocycles. The van der Waals surface area contributed by atoms with Crippen LogP contribution in [0.5, 0.6) is 0 Å². The van der Waals surface area contributed by atoms with E-state index in [2.05, 4.69) is 5.32 Å². The van der Waals surface area contributed by atoms with Gasteiger partial charge in [0.2, 0.25) is 5.91 Å². The quantitative estimate of drug-likeness (QED) is 0.831. The topological polar surface area (TPSA) is 69.6 Å². The van der Waals surface area contributed by atoms with Gasteiger partial charge in [0.1, 0.15) is 5.60 Å². The zero-order valence-electron chi connectivity index (χ0n) is 14.1. The van der Waals surface area contributed by atoms with Crippen LogP contribution in [0.4, 0.5) is 0 Å². The fraction of sp³-hybridized carbons (Fsp3) is 0.889. The van der Waals surface area contributed by atoms with E-state index in [4.69, 9.17) is 0 Å². The SMILES string of the molecule is O=C(CC1CCCC1)NC1CCN(C(=O)C2(O)CCCC2)CC1. The summed E-state index contributed by atoms with van der Waals surface area (Å²) in [6.45, 7) is 1.30. The van der Waals surface area contributed by atoms with Crippen molar-refractivity contribution in [3.05, 3.63) is 0 Å². The molecule has 3 aliphatic rings. The van der Waals surface area contributed by atoms with Crippen molar-refractivity contribution in [3.8, 4) is 0 Å². The van der Waals surface area contributed by atoms with Crippen LogP contribution in [0.25, 0.3) is 0 Å². The molecule has 2 saturated carbocycles. The van der Waals surface area contributed by atoms with Gasteiger partial charge in [-0.1, -0.05) is 12.8 Å². The molecule has 5 nitrogen and oxygen atoms in total. The average Bonchev–Trinajstić information content (AvgIpc) is 3.20. The second-order valence-electron chi connectivity index (χ2n) is 7.73. The summed E-state index contributed by atoms with van der Waals surface area (Å²) in [6.07, 6.45) is 10.3. The van der Waals surface area contributed by atoms with Gasteiger partial charge >= 0.3 is 0 Å². The highest BCUT2D eigenvalue weighted by Gasteiger charge is 2.42. The van der Waals surface area contributed by atoms with Crippen LogP contribution in [0.15, 0.2) is 0 Å². The van der Waals surface area contributed by atoms with E-state index in [1.165, 1.54) is 25.7 Å². The fourth-order valence-electron chi connectivity index (χ4n) is 4.46. The number of hydrogen-bond donors (Lipinski definition) is 2. The molecule has 0 aromatic carbocycles. The molecule has 0 spiro atoms. The molecule has 0 unspecified atom stereocenters. The third-order valence-corrected chi connectivity index (χ3v) is 5.92. The third kappa shape index (κ3) is 4.06. The van der Waals surface area contributed by atoms with Crippen molar-refractivity contribution in [1.29, 1.82) is 0 Å². The van der Waals surface area contributed by atoms with Crippen LogP contribution in [0.2, 0.25) is 0 Å². The van der Waals surface area contributed by atoms with Crippen molar-refractivity contribution in [2.24, 2.45) is 5.92 Å². The fourth-order valence-corrected chi connectivity index (χ4v) is 4.46. The molecule has 5 heteroatoms. The Morgan fingerprint density at radius 3 is 2.22 bits per heavy atom. The van der Waals surface area contributed by atoms with Gasteiger partial charge in [0.25, 0.3) is 5.91 Å². The zero-order chi connectivity index (χ0) is 16.3. The lowest BCUT2D eigenvalue weighted by molar-refractivity contribution is -0.151. The number of nitrogens with one attached hydrogen (secondary N) is 1. The lowest BCUT2D eigenvalue weighted by Crippen LogP contribution is -2.53. The first-order chi connectivity index (χ1) is 11.1. The normalized spacial score (nSPS) is 25.7. The largest absolute Gasteiger partial charge is 0.380 e. The summed E-state index contributed by atoms with van der Waals surface area (Å²) in [4.78, 5) is 26.4. The lowest BCUT2D eigenvalue weighted by atomic mass is 9.97. The number of rotatable bonds is 4. The van der Waals surface area contributed by atoms with E-state index < -0.39 is 5.60 Å². The predicted molar refractivity (Wildman–Crippen MR) is 87.7 cm³/mol. The summed E-state index contributed by atoms with van der Waals surface area (Å²) < 4.78 is 0. The van der Waals surface area contributed by atoms with Gasteiger partial charge in [0.05, 0.1) is 0 Å². The number of likely N-dealkylation sites (tertiary alicyclic amines) is 1. The Bertz CT molecular complexity index is 432. The number of carbonyl (C=O) groups is 2. The van der Waals surface area contributed by atoms with Gasteiger partial charge in [-0.2, -0.15) is 0 Å². The predicted octanol–water partition coefficient (Wildman–Crippen LogP) is 1.98.